The van der Waals surface area contributed by atoms with E-state index in [1.54, 1.807) is 4.90 Å². The zero-order chi connectivity index (χ0) is 20.3. The van der Waals surface area contributed by atoms with Gasteiger partial charge in [-0.25, -0.2) is 13.8 Å². The van der Waals surface area contributed by atoms with Gasteiger partial charge in [-0.05, 0) is 43.4 Å². The molecule has 5 rings (SSSR count). The summed E-state index contributed by atoms with van der Waals surface area (Å²) in [6, 6.07) is 1.60. The molecule has 3 heterocycles. The van der Waals surface area contributed by atoms with Crippen LogP contribution in [0.25, 0.3) is 10.8 Å². The number of aromatic nitrogens is 5. The molecule has 0 bridgehead atoms. The standard InChI is InChI=1S/C18H15ClF2N6OS/c1-8-15-23-24-16(17-22-14(25-29-17)9-2-3-9)27(15)5-4-26(8)18(28)10-6-11(19)13(21)12(20)7-10/h6-9H,2-5H2,1H3/t8-/m1/s1. The van der Waals surface area contributed by atoms with Gasteiger partial charge in [-0.3, -0.25) is 4.79 Å². The van der Waals surface area contributed by atoms with E-state index < -0.39 is 28.6 Å². The van der Waals surface area contributed by atoms with Crippen LogP contribution in [0.1, 0.15) is 53.7 Å². The van der Waals surface area contributed by atoms with Crippen LogP contribution in [0, 0.1) is 11.6 Å². The molecular weight excluding hydrogens is 422 g/mol. The molecule has 0 saturated heterocycles. The number of hydrogen-bond acceptors (Lipinski definition) is 6. The Morgan fingerprint density at radius 1 is 1.24 bits per heavy atom. The lowest BCUT2D eigenvalue weighted by Crippen LogP contribution is -2.41. The number of nitrogens with zero attached hydrogens (tertiary/aromatic N) is 6. The highest BCUT2D eigenvalue weighted by molar-refractivity contribution is 7.09. The Balaban J connectivity index is 1.43. The van der Waals surface area contributed by atoms with E-state index in [9.17, 15) is 13.6 Å². The van der Waals surface area contributed by atoms with Crippen molar-refractivity contribution in [3.8, 4) is 10.8 Å². The molecular formula is C18H15ClF2N6OS. The molecule has 150 valence electrons. The minimum atomic E-state index is -1.16. The van der Waals surface area contributed by atoms with Crippen LogP contribution in [0.4, 0.5) is 8.78 Å². The number of fused-ring (bicyclic) bond motifs is 1. The number of hydrogen-bond donors (Lipinski definition) is 0. The second kappa shape index (κ2) is 6.81. The Morgan fingerprint density at radius 2 is 2.03 bits per heavy atom. The van der Waals surface area contributed by atoms with Crippen LogP contribution < -0.4 is 0 Å². The third kappa shape index (κ3) is 3.10. The molecule has 3 aromatic rings. The maximum absolute atomic E-state index is 13.7. The molecule has 1 saturated carbocycles. The summed E-state index contributed by atoms with van der Waals surface area (Å²) in [5.74, 6) is -0.200. The Kier molecular flexibility index (Phi) is 4.36. The molecule has 1 aromatic carbocycles. The van der Waals surface area contributed by atoms with Crippen molar-refractivity contribution in [2.24, 2.45) is 0 Å². The minimum Gasteiger partial charge on any atom is -0.327 e. The van der Waals surface area contributed by atoms with E-state index >= 15 is 0 Å². The highest BCUT2D eigenvalue weighted by Gasteiger charge is 2.34. The first-order valence-electron chi connectivity index (χ1n) is 9.16. The van der Waals surface area contributed by atoms with E-state index in [1.807, 2.05) is 11.5 Å². The second-order valence-corrected chi connectivity index (χ2v) is 8.35. The number of carbonyl (C=O) groups is 1. The first kappa shape index (κ1) is 18.6. The molecule has 1 fully saturated rings. The summed E-state index contributed by atoms with van der Waals surface area (Å²) in [5, 5.41) is 8.82. The Hall–Kier alpha value is -2.46. The highest BCUT2D eigenvalue weighted by atomic mass is 35.5. The molecule has 1 aliphatic heterocycles. The summed E-state index contributed by atoms with van der Waals surface area (Å²) in [6.07, 6.45) is 2.24. The maximum Gasteiger partial charge on any atom is 0.254 e. The molecule has 0 spiro atoms. The smallest absolute Gasteiger partial charge is 0.254 e. The first-order valence-corrected chi connectivity index (χ1v) is 10.3. The average Bonchev–Trinajstić information content (AvgIpc) is 3.27. The summed E-state index contributed by atoms with van der Waals surface area (Å²) in [5.41, 5.74) is -0.00728. The zero-order valence-corrected chi connectivity index (χ0v) is 16.8. The van der Waals surface area contributed by atoms with Crippen molar-refractivity contribution in [1.29, 1.82) is 0 Å². The molecule has 29 heavy (non-hydrogen) atoms. The fraction of sp³-hybridized carbons (Fsp3) is 0.389. The lowest BCUT2D eigenvalue weighted by atomic mass is 10.1. The van der Waals surface area contributed by atoms with Gasteiger partial charge in [0.2, 0.25) is 0 Å². The van der Waals surface area contributed by atoms with Gasteiger partial charge in [-0.2, -0.15) is 4.37 Å². The van der Waals surface area contributed by atoms with Crippen molar-refractivity contribution in [2.75, 3.05) is 6.54 Å². The summed E-state index contributed by atoms with van der Waals surface area (Å²) >= 11 is 7.00. The fourth-order valence-corrected chi connectivity index (χ4v) is 4.44. The monoisotopic (exact) mass is 436 g/mol. The lowest BCUT2D eigenvalue weighted by molar-refractivity contribution is 0.0638. The largest absolute Gasteiger partial charge is 0.327 e. The maximum atomic E-state index is 13.7. The molecule has 11 heteroatoms. The summed E-state index contributed by atoms with van der Waals surface area (Å²) in [4.78, 5) is 19.0. The Morgan fingerprint density at radius 3 is 2.76 bits per heavy atom. The van der Waals surface area contributed by atoms with Crippen molar-refractivity contribution in [3.05, 3.63) is 46.0 Å². The van der Waals surface area contributed by atoms with Crippen LogP contribution >= 0.6 is 23.1 Å². The van der Waals surface area contributed by atoms with Gasteiger partial charge in [-0.15, -0.1) is 10.2 Å². The van der Waals surface area contributed by atoms with Crippen LogP contribution in [-0.4, -0.2) is 41.5 Å². The molecule has 0 radical (unpaired) electrons. The first-order chi connectivity index (χ1) is 13.9. The second-order valence-electron chi connectivity index (χ2n) is 7.19. The number of amides is 1. The molecule has 0 N–H and O–H groups in total. The molecule has 2 aliphatic rings. The fourth-order valence-electron chi connectivity index (χ4n) is 3.50. The van der Waals surface area contributed by atoms with Gasteiger partial charge in [0, 0.05) is 24.6 Å². The highest BCUT2D eigenvalue weighted by Crippen LogP contribution is 2.40. The summed E-state index contributed by atoms with van der Waals surface area (Å²) in [6.45, 7) is 2.64. The van der Waals surface area contributed by atoms with Gasteiger partial charge in [0.05, 0.1) is 11.1 Å². The van der Waals surface area contributed by atoms with Crippen LogP contribution in [0.2, 0.25) is 5.02 Å². The van der Waals surface area contributed by atoms with Crippen molar-refractivity contribution in [1.82, 2.24) is 29.0 Å². The number of rotatable bonds is 3. The normalized spacial score (nSPS) is 18.8. The van der Waals surface area contributed by atoms with Gasteiger partial charge >= 0.3 is 0 Å². The quantitative estimate of drug-likeness (QED) is 0.583. The van der Waals surface area contributed by atoms with E-state index in [4.69, 9.17) is 11.6 Å². The van der Waals surface area contributed by atoms with Crippen molar-refractivity contribution in [2.45, 2.75) is 38.3 Å². The van der Waals surface area contributed by atoms with Crippen molar-refractivity contribution in [3.63, 3.8) is 0 Å². The molecule has 7 nitrogen and oxygen atoms in total. The summed E-state index contributed by atoms with van der Waals surface area (Å²) < 4.78 is 33.5. The number of carbonyl (C=O) groups excluding carboxylic acids is 1. The van der Waals surface area contributed by atoms with Crippen molar-refractivity contribution < 1.29 is 13.6 Å². The predicted octanol–water partition coefficient (Wildman–Crippen LogP) is 3.82. The van der Waals surface area contributed by atoms with Crippen LogP contribution in [0.5, 0.6) is 0 Å². The van der Waals surface area contributed by atoms with Crippen molar-refractivity contribution >= 4 is 29.0 Å². The van der Waals surface area contributed by atoms with Crippen LogP contribution in [0.15, 0.2) is 12.1 Å². The minimum absolute atomic E-state index is 0.00728. The Labute approximate surface area is 173 Å². The third-order valence-corrected chi connectivity index (χ3v) is 6.25. The van der Waals surface area contributed by atoms with E-state index in [-0.39, 0.29) is 5.56 Å². The molecule has 1 atom stereocenters. The van der Waals surface area contributed by atoms with Crippen LogP contribution in [-0.2, 0) is 6.54 Å². The lowest BCUT2D eigenvalue weighted by Gasteiger charge is -2.33. The van der Waals surface area contributed by atoms with E-state index in [1.165, 1.54) is 11.5 Å². The van der Waals surface area contributed by atoms with E-state index in [2.05, 4.69) is 19.6 Å². The SMILES string of the molecule is C[C@@H]1c2nnc(-c3nc(C4CC4)ns3)n2CCN1C(=O)c1cc(F)c(F)c(Cl)c1. The molecule has 2 aromatic heterocycles. The van der Waals surface area contributed by atoms with Gasteiger partial charge < -0.3 is 9.47 Å². The molecule has 1 aliphatic carbocycles. The van der Waals surface area contributed by atoms with Gasteiger partial charge in [-0.1, -0.05) is 11.6 Å². The third-order valence-electron chi connectivity index (χ3n) is 5.25. The molecule has 1 amide bonds. The van der Waals surface area contributed by atoms with Gasteiger partial charge in [0.15, 0.2) is 28.3 Å². The van der Waals surface area contributed by atoms with E-state index in [0.717, 1.165) is 30.8 Å². The number of benzene rings is 1. The molecule has 0 unspecified atom stereocenters. The van der Waals surface area contributed by atoms with Gasteiger partial charge in [0.1, 0.15) is 5.82 Å². The average molecular weight is 437 g/mol. The Bertz CT molecular complexity index is 1100. The van der Waals surface area contributed by atoms with Crippen LogP contribution in [0.3, 0.4) is 0 Å². The number of halogens is 3. The topological polar surface area (TPSA) is 76.8 Å². The zero-order valence-electron chi connectivity index (χ0n) is 15.3. The van der Waals surface area contributed by atoms with Gasteiger partial charge in [0.25, 0.3) is 5.91 Å². The van der Waals surface area contributed by atoms with E-state index in [0.29, 0.717) is 35.7 Å². The predicted molar refractivity (Wildman–Crippen MR) is 102 cm³/mol. The summed E-state index contributed by atoms with van der Waals surface area (Å²) in [7, 11) is 0.